The van der Waals surface area contributed by atoms with Gasteiger partial charge in [-0.3, -0.25) is 4.79 Å². The van der Waals surface area contributed by atoms with E-state index in [1.165, 1.54) is 0 Å². The van der Waals surface area contributed by atoms with Gasteiger partial charge in [-0.05, 0) is 31.5 Å². The molecule has 2 aromatic rings. The van der Waals surface area contributed by atoms with Crippen LogP contribution in [-0.2, 0) is 11.2 Å². The van der Waals surface area contributed by atoms with E-state index < -0.39 is 5.97 Å². The second-order valence-corrected chi connectivity index (χ2v) is 6.12. The van der Waals surface area contributed by atoms with E-state index in [9.17, 15) is 9.59 Å². The lowest BCUT2D eigenvalue weighted by molar-refractivity contribution is -0.121. The summed E-state index contributed by atoms with van der Waals surface area (Å²) in [6.45, 7) is 3.43. The fourth-order valence-electron chi connectivity index (χ4n) is 2.12. The van der Waals surface area contributed by atoms with Crippen LogP contribution in [-0.4, -0.2) is 29.1 Å². The van der Waals surface area contributed by atoms with Gasteiger partial charge in [0.15, 0.2) is 0 Å². The molecular formula is C16H18N2O4S. The molecule has 0 spiro atoms. The minimum Gasteiger partial charge on any atom is -0.497 e. The smallest absolute Gasteiger partial charge is 0.347 e. The molecule has 122 valence electrons. The molecule has 0 radical (unpaired) electrons. The normalized spacial score (nSPS) is 11.8. The van der Waals surface area contributed by atoms with Crippen LogP contribution < -0.4 is 10.1 Å². The van der Waals surface area contributed by atoms with Crippen molar-refractivity contribution in [2.45, 2.75) is 26.3 Å². The number of amides is 1. The first-order chi connectivity index (χ1) is 10.9. The second kappa shape index (κ2) is 7.23. The predicted octanol–water partition coefficient (Wildman–Crippen LogP) is 2.58. The van der Waals surface area contributed by atoms with Gasteiger partial charge in [0.1, 0.15) is 15.6 Å². The number of carboxylic acid groups (broad SMARTS) is 1. The van der Waals surface area contributed by atoms with Gasteiger partial charge in [0.2, 0.25) is 5.91 Å². The molecule has 0 saturated heterocycles. The molecule has 1 amide bonds. The van der Waals surface area contributed by atoms with Crippen molar-refractivity contribution < 1.29 is 19.4 Å². The average Bonchev–Trinajstić information content (AvgIpc) is 2.89. The molecule has 23 heavy (non-hydrogen) atoms. The fraction of sp³-hybridized carbons (Fsp3) is 0.312. The predicted molar refractivity (Wildman–Crippen MR) is 87.1 cm³/mol. The molecule has 1 aromatic carbocycles. The molecule has 6 nitrogen and oxygen atoms in total. The summed E-state index contributed by atoms with van der Waals surface area (Å²) in [7, 11) is 1.58. The Labute approximate surface area is 138 Å². The number of carbonyl (C=O) groups excluding carboxylic acids is 1. The number of methoxy groups -OCH3 is 1. The van der Waals surface area contributed by atoms with Gasteiger partial charge in [-0.25, -0.2) is 9.78 Å². The summed E-state index contributed by atoms with van der Waals surface area (Å²) >= 11 is 1.08. The van der Waals surface area contributed by atoms with E-state index in [1.807, 2.05) is 18.2 Å². The van der Waals surface area contributed by atoms with Gasteiger partial charge in [0, 0.05) is 0 Å². The lowest BCUT2D eigenvalue weighted by atomic mass is 10.1. The monoisotopic (exact) mass is 334 g/mol. The van der Waals surface area contributed by atoms with Crippen molar-refractivity contribution in [1.82, 2.24) is 10.3 Å². The van der Waals surface area contributed by atoms with E-state index in [2.05, 4.69) is 10.3 Å². The van der Waals surface area contributed by atoms with Crippen molar-refractivity contribution >= 4 is 23.2 Å². The third kappa shape index (κ3) is 4.29. The maximum atomic E-state index is 12.1. The van der Waals surface area contributed by atoms with Crippen LogP contribution in [0.25, 0.3) is 0 Å². The number of nitrogens with zero attached hydrogens (tertiary/aromatic N) is 1. The zero-order valence-electron chi connectivity index (χ0n) is 13.1. The number of nitrogens with one attached hydrogen (secondary N) is 1. The molecule has 2 N–H and O–H groups in total. The van der Waals surface area contributed by atoms with Crippen molar-refractivity contribution in [3.63, 3.8) is 0 Å². The lowest BCUT2D eigenvalue weighted by Crippen LogP contribution is -2.28. The third-order valence-corrected chi connectivity index (χ3v) is 4.58. The first-order valence-corrected chi connectivity index (χ1v) is 7.85. The highest BCUT2D eigenvalue weighted by Gasteiger charge is 2.19. The summed E-state index contributed by atoms with van der Waals surface area (Å²) in [4.78, 5) is 27.6. The van der Waals surface area contributed by atoms with E-state index in [4.69, 9.17) is 9.84 Å². The molecule has 0 fully saturated rings. The number of benzene rings is 1. The van der Waals surface area contributed by atoms with Gasteiger partial charge >= 0.3 is 5.97 Å². The number of carbonyl (C=O) groups is 2. The first kappa shape index (κ1) is 17.0. The van der Waals surface area contributed by atoms with E-state index >= 15 is 0 Å². The van der Waals surface area contributed by atoms with Crippen LogP contribution in [0.2, 0.25) is 0 Å². The molecule has 1 aromatic heterocycles. The SMILES string of the molecule is COc1cccc(CC(=O)NC(C)c2nc(C)c(C(=O)O)s2)c1. The molecule has 0 bridgehead atoms. The van der Waals surface area contributed by atoms with Gasteiger partial charge in [-0.2, -0.15) is 0 Å². The Kier molecular flexibility index (Phi) is 5.33. The van der Waals surface area contributed by atoms with E-state index in [0.29, 0.717) is 16.5 Å². The van der Waals surface area contributed by atoms with Crippen molar-refractivity contribution in [1.29, 1.82) is 0 Å². The molecule has 7 heteroatoms. The molecule has 0 aliphatic carbocycles. The number of aryl methyl sites for hydroxylation is 1. The molecule has 0 aliphatic rings. The Hall–Kier alpha value is -2.41. The summed E-state index contributed by atoms with van der Waals surface area (Å²) in [5.74, 6) is -0.457. The molecule has 1 unspecified atom stereocenters. The Morgan fingerprint density at radius 1 is 1.43 bits per heavy atom. The summed E-state index contributed by atoms with van der Waals surface area (Å²) in [5.41, 5.74) is 1.31. The number of hydrogen-bond donors (Lipinski definition) is 2. The third-order valence-electron chi connectivity index (χ3n) is 3.25. The molecule has 0 saturated carbocycles. The minimum atomic E-state index is -0.999. The number of thiazole rings is 1. The topological polar surface area (TPSA) is 88.5 Å². The number of hydrogen-bond acceptors (Lipinski definition) is 5. The van der Waals surface area contributed by atoms with Crippen LogP contribution in [0.3, 0.4) is 0 Å². The highest BCUT2D eigenvalue weighted by Crippen LogP contribution is 2.23. The van der Waals surface area contributed by atoms with Crippen LogP contribution in [0, 0.1) is 6.92 Å². The van der Waals surface area contributed by atoms with Crippen molar-refractivity contribution in [2.75, 3.05) is 7.11 Å². The number of ether oxygens (including phenoxy) is 1. The van der Waals surface area contributed by atoms with Gasteiger partial charge in [0.25, 0.3) is 0 Å². The molecular weight excluding hydrogens is 316 g/mol. The highest BCUT2D eigenvalue weighted by atomic mass is 32.1. The summed E-state index contributed by atoms with van der Waals surface area (Å²) in [5, 5.41) is 12.5. The zero-order valence-corrected chi connectivity index (χ0v) is 13.9. The van der Waals surface area contributed by atoms with Crippen LogP contribution in [0.1, 0.15) is 38.9 Å². The molecule has 1 atom stereocenters. The number of carboxylic acids is 1. The lowest BCUT2D eigenvalue weighted by Gasteiger charge is -2.11. The van der Waals surface area contributed by atoms with E-state index in [1.54, 1.807) is 27.0 Å². The summed E-state index contributed by atoms with van der Waals surface area (Å²) in [6, 6.07) is 6.96. The largest absolute Gasteiger partial charge is 0.497 e. The van der Waals surface area contributed by atoms with Crippen LogP contribution in [0.15, 0.2) is 24.3 Å². The number of aromatic carboxylic acids is 1. The van der Waals surface area contributed by atoms with E-state index in [0.717, 1.165) is 16.9 Å². The fourth-order valence-corrected chi connectivity index (χ4v) is 3.03. The second-order valence-electron chi connectivity index (χ2n) is 5.09. The van der Waals surface area contributed by atoms with Gasteiger partial charge in [0.05, 0.1) is 25.3 Å². The standard InChI is InChI=1S/C16H18N2O4S/c1-9-14(16(20)21)23-15(18-9)10(2)17-13(19)8-11-5-4-6-12(7-11)22-3/h4-7,10H,8H2,1-3H3,(H,17,19)(H,20,21). The van der Waals surface area contributed by atoms with Crippen LogP contribution >= 0.6 is 11.3 Å². The Balaban J connectivity index is 2.01. The maximum Gasteiger partial charge on any atom is 0.347 e. The number of aromatic nitrogens is 1. The van der Waals surface area contributed by atoms with Crippen molar-refractivity contribution in [2.24, 2.45) is 0 Å². The molecule has 2 rings (SSSR count). The zero-order chi connectivity index (χ0) is 17.0. The molecule has 0 aliphatic heterocycles. The van der Waals surface area contributed by atoms with Crippen LogP contribution in [0.4, 0.5) is 0 Å². The van der Waals surface area contributed by atoms with Crippen molar-refractivity contribution in [3.8, 4) is 5.75 Å². The number of rotatable bonds is 6. The highest BCUT2D eigenvalue weighted by molar-refractivity contribution is 7.13. The summed E-state index contributed by atoms with van der Waals surface area (Å²) < 4.78 is 5.13. The summed E-state index contributed by atoms with van der Waals surface area (Å²) in [6.07, 6.45) is 0.220. The first-order valence-electron chi connectivity index (χ1n) is 7.03. The minimum absolute atomic E-state index is 0.157. The van der Waals surface area contributed by atoms with Gasteiger partial charge < -0.3 is 15.2 Å². The Morgan fingerprint density at radius 2 is 2.17 bits per heavy atom. The van der Waals surface area contributed by atoms with Gasteiger partial charge in [-0.15, -0.1) is 11.3 Å². The molecule has 1 heterocycles. The van der Waals surface area contributed by atoms with Crippen molar-refractivity contribution in [3.05, 3.63) is 45.4 Å². The quantitative estimate of drug-likeness (QED) is 0.847. The van der Waals surface area contributed by atoms with Gasteiger partial charge in [-0.1, -0.05) is 12.1 Å². The van der Waals surface area contributed by atoms with Crippen LogP contribution in [0.5, 0.6) is 5.75 Å². The van der Waals surface area contributed by atoms with E-state index in [-0.39, 0.29) is 23.2 Å². The Morgan fingerprint density at radius 3 is 2.78 bits per heavy atom. The average molecular weight is 334 g/mol. The Bertz CT molecular complexity index is 727. The maximum absolute atomic E-state index is 12.1.